The zero-order valence-electron chi connectivity index (χ0n) is 12.0. The van der Waals surface area contributed by atoms with E-state index >= 15 is 0 Å². The maximum Gasteiger partial charge on any atom is 0.257 e. The number of amides is 1. The minimum absolute atomic E-state index is 0.0922. The summed E-state index contributed by atoms with van der Waals surface area (Å²) in [4.78, 5) is 17.8. The van der Waals surface area contributed by atoms with Gasteiger partial charge < -0.3 is 5.32 Å². The first-order chi connectivity index (χ1) is 9.61. The van der Waals surface area contributed by atoms with E-state index in [9.17, 15) is 4.79 Å². The number of aromatic nitrogens is 1. The smallest absolute Gasteiger partial charge is 0.257 e. The number of hydrogen-bond donors (Lipinski definition) is 2. The lowest BCUT2D eigenvalue weighted by Crippen LogP contribution is -2.17. The third-order valence-corrected chi connectivity index (χ3v) is 4.14. The highest BCUT2D eigenvalue weighted by Gasteiger charge is 2.13. The standard InChI is InChI=1S/C15H19N3OS/c1-10-11(2)20-15(17-10)18-14(19)13-7-5-4-6-12(13)8-9-16-3/h4-7,16H,8-9H2,1-3H3,(H,17,18,19). The van der Waals surface area contributed by atoms with Gasteiger partial charge in [0.1, 0.15) is 0 Å². The second-order valence-electron chi connectivity index (χ2n) is 4.63. The van der Waals surface area contributed by atoms with Crippen LogP contribution in [0.25, 0.3) is 0 Å². The highest BCUT2D eigenvalue weighted by atomic mass is 32.1. The number of benzene rings is 1. The van der Waals surface area contributed by atoms with Gasteiger partial charge in [0.2, 0.25) is 0 Å². The summed E-state index contributed by atoms with van der Waals surface area (Å²) in [5, 5.41) is 6.65. The molecule has 4 nitrogen and oxygen atoms in total. The largest absolute Gasteiger partial charge is 0.319 e. The molecule has 2 rings (SSSR count). The summed E-state index contributed by atoms with van der Waals surface area (Å²) in [5.41, 5.74) is 2.73. The first-order valence-electron chi connectivity index (χ1n) is 6.59. The van der Waals surface area contributed by atoms with Crippen molar-refractivity contribution in [3.63, 3.8) is 0 Å². The third kappa shape index (κ3) is 3.43. The van der Waals surface area contributed by atoms with E-state index in [0.717, 1.165) is 29.1 Å². The fourth-order valence-electron chi connectivity index (χ4n) is 1.91. The molecule has 0 radical (unpaired) electrons. The number of anilines is 1. The Bertz CT molecular complexity index is 587. The Hall–Kier alpha value is -1.72. The molecule has 0 aliphatic rings. The third-order valence-electron chi connectivity index (χ3n) is 3.16. The molecule has 0 bridgehead atoms. The topological polar surface area (TPSA) is 54.0 Å². The first kappa shape index (κ1) is 14.7. The number of carbonyl (C=O) groups excluding carboxylic acids is 1. The highest BCUT2D eigenvalue weighted by molar-refractivity contribution is 7.15. The lowest BCUT2D eigenvalue weighted by molar-refractivity contribution is 0.102. The molecular weight excluding hydrogens is 270 g/mol. The molecule has 0 aliphatic carbocycles. The number of nitrogens with zero attached hydrogens (tertiary/aromatic N) is 1. The summed E-state index contributed by atoms with van der Waals surface area (Å²) in [5.74, 6) is -0.0922. The summed E-state index contributed by atoms with van der Waals surface area (Å²) < 4.78 is 0. The molecule has 1 aromatic heterocycles. The van der Waals surface area contributed by atoms with Gasteiger partial charge in [0, 0.05) is 10.4 Å². The van der Waals surface area contributed by atoms with Gasteiger partial charge in [-0.2, -0.15) is 0 Å². The molecule has 5 heteroatoms. The molecule has 1 heterocycles. The van der Waals surface area contributed by atoms with Crippen molar-refractivity contribution in [2.45, 2.75) is 20.3 Å². The fraction of sp³-hybridized carbons (Fsp3) is 0.333. The summed E-state index contributed by atoms with van der Waals surface area (Å²) >= 11 is 1.51. The van der Waals surface area contributed by atoms with E-state index in [1.807, 2.05) is 45.2 Å². The van der Waals surface area contributed by atoms with Crippen molar-refractivity contribution >= 4 is 22.4 Å². The Labute approximate surface area is 123 Å². The Kier molecular flexibility index (Phi) is 4.87. The molecule has 1 aromatic carbocycles. The van der Waals surface area contributed by atoms with Crippen LogP contribution in [0, 0.1) is 13.8 Å². The molecule has 0 saturated heterocycles. The zero-order valence-corrected chi connectivity index (χ0v) is 12.8. The van der Waals surface area contributed by atoms with Crippen LogP contribution in [0.4, 0.5) is 5.13 Å². The van der Waals surface area contributed by atoms with Crippen LogP contribution in [-0.2, 0) is 6.42 Å². The molecule has 0 spiro atoms. The number of rotatable bonds is 5. The predicted molar refractivity (Wildman–Crippen MR) is 83.6 cm³/mol. The summed E-state index contributed by atoms with van der Waals surface area (Å²) in [6, 6.07) is 7.69. The minimum Gasteiger partial charge on any atom is -0.319 e. The molecule has 1 amide bonds. The Morgan fingerprint density at radius 1 is 1.30 bits per heavy atom. The summed E-state index contributed by atoms with van der Waals surface area (Å²) in [6.45, 7) is 4.80. The van der Waals surface area contributed by atoms with Gasteiger partial charge in [0.05, 0.1) is 5.69 Å². The van der Waals surface area contributed by atoms with E-state index < -0.39 is 0 Å². The monoisotopic (exact) mass is 289 g/mol. The van der Waals surface area contributed by atoms with Gasteiger partial charge >= 0.3 is 0 Å². The van der Waals surface area contributed by atoms with E-state index in [0.29, 0.717) is 10.7 Å². The van der Waals surface area contributed by atoms with E-state index in [2.05, 4.69) is 15.6 Å². The molecule has 0 atom stereocenters. The van der Waals surface area contributed by atoms with Crippen LogP contribution >= 0.6 is 11.3 Å². The Morgan fingerprint density at radius 2 is 2.05 bits per heavy atom. The first-order valence-corrected chi connectivity index (χ1v) is 7.41. The van der Waals surface area contributed by atoms with Crippen molar-refractivity contribution in [2.24, 2.45) is 0 Å². The van der Waals surface area contributed by atoms with Crippen molar-refractivity contribution in [2.75, 3.05) is 18.9 Å². The lowest BCUT2D eigenvalue weighted by Gasteiger charge is -2.08. The number of aryl methyl sites for hydroxylation is 2. The Balaban J connectivity index is 2.16. The van der Waals surface area contributed by atoms with Crippen molar-refractivity contribution in [1.29, 1.82) is 0 Å². The number of nitrogens with one attached hydrogen (secondary N) is 2. The van der Waals surface area contributed by atoms with Gasteiger partial charge in [0.25, 0.3) is 5.91 Å². The van der Waals surface area contributed by atoms with Gasteiger partial charge in [-0.15, -0.1) is 11.3 Å². The molecule has 20 heavy (non-hydrogen) atoms. The minimum atomic E-state index is -0.0922. The highest BCUT2D eigenvalue weighted by Crippen LogP contribution is 2.22. The van der Waals surface area contributed by atoms with Gasteiger partial charge in [-0.25, -0.2) is 4.98 Å². The number of thiazole rings is 1. The van der Waals surface area contributed by atoms with Crippen molar-refractivity contribution in [1.82, 2.24) is 10.3 Å². The van der Waals surface area contributed by atoms with Crippen LogP contribution in [0.15, 0.2) is 24.3 Å². The molecule has 0 aliphatic heterocycles. The van der Waals surface area contributed by atoms with Gasteiger partial charge in [-0.3, -0.25) is 10.1 Å². The van der Waals surface area contributed by atoms with Crippen LogP contribution in [0.3, 0.4) is 0 Å². The number of likely N-dealkylation sites (N-methyl/N-ethyl adjacent to an activating group) is 1. The number of hydrogen-bond acceptors (Lipinski definition) is 4. The van der Waals surface area contributed by atoms with E-state index in [4.69, 9.17) is 0 Å². The van der Waals surface area contributed by atoms with Crippen molar-refractivity contribution in [3.8, 4) is 0 Å². The maximum atomic E-state index is 12.4. The van der Waals surface area contributed by atoms with Crippen molar-refractivity contribution in [3.05, 3.63) is 46.0 Å². The fourth-order valence-corrected chi connectivity index (χ4v) is 2.72. The lowest BCUT2D eigenvalue weighted by atomic mass is 10.0. The van der Waals surface area contributed by atoms with Gasteiger partial charge in [-0.05, 0) is 45.5 Å². The van der Waals surface area contributed by atoms with Gasteiger partial charge in [0.15, 0.2) is 5.13 Å². The second kappa shape index (κ2) is 6.63. The van der Waals surface area contributed by atoms with Crippen LogP contribution in [0.5, 0.6) is 0 Å². The molecular formula is C15H19N3OS. The average Bonchev–Trinajstić information content (AvgIpc) is 2.75. The van der Waals surface area contributed by atoms with Crippen LogP contribution < -0.4 is 10.6 Å². The van der Waals surface area contributed by atoms with Crippen LogP contribution in [-0.4, -0.2) is 24.5 Å². The second-order valence-corrected chi connectivity index (χ2v) is 5.83. The van der Waals surface area contributed by atoms with E-state index in [1.54, 1.807) is 0 Å². The van der Waals surface area contributed by atoms with E-state index in [-0.39, 0.29) is 5.91 Å². The zero-order chi connectivity index (χ0) is 14.5. The van der Waals surface area contributed by atoms with Gasteiger partial charge in [-0.1, -0.05) is 18.2 Å². The Morgan fingerprint density at radius 3 is 2.70 bits per heavy atom. The van der Waals surface area contributed by atoms with Crippen LogP contribution in [0.2, 0.25) is 0 Å². The number of carbonyl (C=O) groups is 1. The molecule has 0 saturated carbocycles. The average molecular weight is 289 g/mol. The van der Waals surface area contributed by atoms with E-state index in [1.165, 1.54) is 11.3 Å². The predicted octanol–water partition coefficient (Wildman–Crippen LogP) is 2.77. The molecule has 2 aromatic rings. The molecule has 2 N–H and O–H groups in total. The normalized spacial score (nSPS) is 10.6. The summed E-state index contributed by atoms with van der Waals surface area (Å²) in [7, 11) is 1.91. The van der Waals surface area contributed by atoms with Crippen molar-refractivity contribution < 1.29 is 4.79 Å². The SMILES string of the molecule is CNCCc1ccccc1C(=O)Nc1nc(C)c(C)s1. The summed E-state index contributed by atoms with van der Waals surface area (Å²) in [6.07, 6.45) is 0.829. The molecule has 0 unspecified atom stereocenters. The quantitative estimate of drug-likeness (QED) is 0.890. The van der Waals surface area contributed by atoms with Crippen LogP contribution in [0.1, 0.15) is 26.5 Å². The molecule has 106 valence electrons. The maximum absolute atomic E-state index is 12.4. The molecule has 0 fully saturated rings.